The highest BCUT2D eigenvalue weighted by Crippen LogP contribution is 2.36. The third-order valence-electron chi connectivity index (χ3n) is 8.07. The Bertz CT molecular complexity index is 1920. The number of aromatic hydroxyl groups is 1. The Balaban J connectivity index is 1.19. The molecule has 5 aromatic rings. The minimum atomic E-state index is -1.41. The summed E-state index contributed by atoms with van der Waals surface area (Å²) in [4.78, 5) is 25.7. The van der Waals surface area contributed by atoms with Crippen molar-refractivity contribution in [3.63, 3.8) is 0 Å². The van der Waals surface area contributed by atoms with Gasteiger partial charge in [0.05, 0.1) is 12.1 Å². The molecular formula is C33H29N5O4. The summed E-state index contributed by atoms with van der Waals surface area (Å²) in [5.41, 5.74) is 2.17. The summed E-state index contributed by atoms with van der Waals surface area (Å²) in [5.74, 6) is 6.44. The van der Waals surface area contributed by atoms with Crippen LogP contribution in [0.1, 0.15) is 25.3 Å². The van der Waals surface area contributed by atoms with Crippen molar-refractivity contribution in [3.05, 3.63) is 78.6 Å². The van der Waals surface area contributed by atoms with Crippen molar-refractivity contribution in [2.24, 2.45) is 5.92 Å². The summed E-state index contributed by atoms with van der Waals surface area (Å²) < 4.78 is 9.26. The Kier molecular flexibility index (Phi) is 6.12. The van der Waals surface area contributed by atoms with Gasteiger partial charge in [-0.15, -0.1) is 5.92 Å². The summed E-state index contributed by atoms with van der Waals surface area (Å²) in [6, 6.07) is 18.6. The molecule has 3 amide bonds. The van der Waals surface area contributed by atoms with Gasteiger partial charge in [0.15, 0.2) is 11.4 Å². The first-order chi connectivity index (χ1) is 20.4. The highest BCUT2D eigenvalue weighted by molar-refractivity contribution is 6.07. The Morgan fingerprint density at radius 2 is 1.83 bits per heavy atom. The highest BCUT2D eigenvalue weighted by atomic mass is 16.5. The fourth-order valence-electron chi connectivity index (χ4n) is 5.64. The van der Waals surface area contributed by atoms with Gasteiger partial charge in [-0.3, -0.25) is 14.8 Å². The largest absolute Gasteiger partial charge is 0.494 e. The maximum Gasteiger partial charge on any atom is 0.322 e. The number of nitrogens with one attached hydrogen (secondary N) is 2. The number of ether oxygens (including phenoxy) is 1. The van der Waals surface area contributed by atoms with Crippen LogP contribution in [0, 0.1) is 17.8 Å². The highest BCUT2D eigenvalue weighted by Gasteiger charge is 2.48. The number of nitrogens with zero attached hydrogens (tertiary/aromatic N) is 3. The zero-order chi connectivity index (χ0) is 28.8. The molecule has 1 atom stereocenters. The molecule has 2 fully saturated rings. The molecule has 42 heavy (non-hydrogen) atoms. The van der Waals surface area contributed by atoms with Crippen molar-refractivity contribution in [3.8, 4) is 34.6 Å². The summed E-state index contributed by atoms with van der Waals surface area (Å²) in [5, 5.41) is 23.4. The minimum Gasteiger partial charge on any atom is -0.494 e. The molecule has 210 valence electrons. The topological polar surface area (TPSA) is 110 Å². The number of carbonyl (C=O) groups is 2. The van der Waals surface area contributed by atoms with Crippen molar-refractivity contribution in [2.45, 2.75) is 38.4 Å². The van der Waals surface area contributed by atoms with E-state index in [1.807, 2.05) is 47.1 Å². The fourth-order valence-corrected chi connectivity index (χ4v) is 5.64. The van der Waals surface area contributed by atoms with Gasteiger partial charge in [-0.25, -0.2) is 4.79 Å². The van der Waals surface area contributed by atoms with Crippen LogP contribution in [0.25, 0.3) is 32.8 Å². The molecule has 9 heteroatoms. The van der Waals surface area contributed by atoms with E-state index in [1.165, 1.54) is 12.8 Å². The molecule has 0 unspecified atom stereocenters. The number of urea groups is 1. The van der Waals surface area contributed by atoms with Crippen LogP contribution in [0.4, 0.5) is 4.79 Å². The molecule has 2 aliphatic rings. The van der Waals surface area contributed by atoms with Gasteiger partial charge in [-0.05, 0) is 72.7 Å². The monoisotopic (exact) mass is 559 g/mol. The number of hydrogen-bond donors (Lipinski definition) is 3. The van der Waals surface area contributed by atoms with Crippen molar-refractivity contribution in [2.75, 3.05) is 6.61 Å². The quantitative estimate of drug-likeness (QED) is 0.185. The van der Waals surface area contributed by atoms with Gasteiger partial charge in [0.25, 0.3) is 5.91 Å². The van der Waals surface area contributed by atoms with Gasteiger partial charge < -0.3 is 19.7 Å². The molecule has 0 spiro atoms. The molecule has 1 aliphatic carbocycles. The SMILES string of the molecule is CC#CCOc1ccc2cn(C[C@@]3(c4ccc(-c5ccc6nn(CC7CC7)cc6c5)cc4)NC(=O)NC3=O)c(O)c2c1. The molecular weight excluding hydrogens is 530 g/mol. The third-order valence-corrected chi connectivity index (χ3v) is 8.07. The van der Waals surface area contributed by atoms with Gasteiger partial charge in [0, 0.05) is 35.1 Å². The van der Waals surface area contributed by atoms with Crippen LogP contribution in [-0.4, -0.2) is 38.0 Å². The lowest BCUT2D eigenvalue weighted by atomic mass is 9.88. The average molecular weight is 560 g/mol. The number of fused-ring (bicyclic) bond motifs is 2. The molecule has 1 aliphatic heterocycles. The summed E-state index contributed by atoms with van der Waals surface area (Å²) >= 11 is 0. The van der Waals surface area contributed by atoms with Crippen molar-refractivity contribution in [1.29, 1.82) is 0 Å². The number of hydrogen-bond acceptors (Lipinski definition) is 5. The van der Waals surface area contributed by atoms with E-state index in [1.54, 1.807) is 29.8 Å². The van der Waals surface area contributed by atoms with E-state index in [0.29, 0.717) is 16.7 Å². The summed E-state index contributed by atoms with van der Waals surface area (Å²) in [7, 11) is 0. The van der Waals surface area contributed by atoms with Crippen LogP contribution >= 0.6 is 0 Å². The summed E-state index contributed by atoms with van der Waals surface area (Å²) in [6.45, 7) is 2.94. The third kappa shape index (κ3) is 4.61. The minimum absolute atomic E-state index is 0.00588. The first-order valence-corrected chi connectivity index (χ1v) is 14.0. The molecule has 9 nitrogen and oxygen atoms in total. The molecule has 2 aromatic heterocycles. The molecule has 0 bridgehead atoms. The first-order valence-electron chi connectivity index (χ1n) is 14.0. The molecule has 3 aromatic carbocycles. The van der Waals surface area contributed by atoms with Gasteiger partial charge in [-0.2, -0.15) is 5.10 Å². The van der Waals surface area contributed by atoms with E-state index < -0.39 is 17.5 Å². The molecule has 3 N–H and O–H groups in total. The average Bonchev–Trinajstić information content (AvgIpc) is 3.52. The Hall–Kier alpha value is -5.23. The second-order valence-corrected chi connectivity index (χ2v) is 11.0. The van der Waals surface area contributed by atoms with Crippen LogP contribution in [0.2, 0.25) is 0 Å². The standard InChI is InChI=1S/C33H29N5O4/c1-2-3-14-42-27-12-8-24-18-37(30(39)28(24)16-27)20-33(31(40)34-32(41)35-33)26-10-6-22(7-11-26)23-9-13-29-25(15-23)19-38(36-29)17-21-4-5-21/h6-13,15-16,18-19,21,39H,4-5,14,17,20H2,1H3,(H2,34,35,40,41)/t33-/m0/s1. The van der Waals surface area contributed by atoms with E-state index in [-0.39, 0.29) is 19.0 Å². The Labute approximate surface area is 242 Å². The second-order valence-electron chi connectivity index (χ2n) is 11.0. The van der Waals surface area contributed by atoms with Crippen molar-refractivity contribution >= 4 is 33.6 Å². The Morgan fingerprint density at radius 1 is 1.02 bits per heavy atom. The van der Waals surface area contributed by atoms with Gasteiger partial charge in [-0.1, -0.05) is 36.3 Å². The van der Waals surface area contributed by atoms with E-state index in [0.717, 1.165) is 39.9 Å². The number of aromatic nitrogens is 3. The zero-order valence-electron chi connectivity index (χ0n) is 23.1. The van der Waals surface area contributed by atoms with E-state index in [2.05, 4.69) is 34.7 Å². The lowest BCUT2D eigenvalue weighted by Gasteiger charge is -2.27. The van der Waals surface area contributed by atoms with Crippen LogP contribution in [0.3, 0.4) is 0 Å². The number of benzene rings is 3. The molecule has 1 saturated heterocycles. The summed E-state index contributed by atoms with van der Waals surface area (Å²) in [6.07, 6.45) is 6.41. The smallest absolute Gasteiger partial charge is 0.322 e. The molecule has 7 rings (SSSR count). The van der Waals surface area contributed by atoms with Crippen LogP contribution in [0.15, 0.2) is 73.1 Å². The predicted octanol–water partition coefficient (Wildman–Crippen LogP) is 4.91. The molecule has 3 heterocycles. The normalized spacial score (nSPS) is 18.1. The second kappa shape index (κ2) is 10.00. The van der Waals surface area contributed by atoms with Gasteiger partial charge in [0.2, 0.25) is 0 Å². The first kappa shape index (κ1) is 25.7. The predicted molar refractivity (Wildman–Crippen MR) is 159 cm³/mol. The van der Waals surface area contributed by atoms with Crippen molar-refractivity contribution < 1.29 is 19.4 Å². The maximum atomic E-state index is 13.3. The number of rotatable bonds is 8. The molecule has 0 radical (unpaired) electrons. The number of imide groups is 1. The number of amides is 3. The van der Waals surface area contributed by atoms with Gasteiger partial charge >= 0.3 is 6.03 Å². The van der Waals surface area contributed by atoms with E-state index >= 15 is 0 Å². The Morgan fingerprint density at radius 3 is 2.57 bits per heavy atom. The lowest BCUT2D eigenvalue weighted by Crippen LogP contribution is -2.47. The van der Waals surface area contributed by atoms with Crippen LogP contribution in [0.5, 0.6) is 11.6 Å². The van der Waals surface area contributed by atoms with Gasteiger partial charge in [0.1, 0.15) is 12.4 Å². The van der Waals surface area contributed by atoms with E-state index in [4.69, 9.17) is 9.84 Å². The maximum absolute atomic E-state index is 13.3. The fraction of sp³-hybridized carbons (Fsp3) is 0.242. The van der Waals surface area contributed by atoms with Crippen LogP contribution < -0.4 is 15.4 Å². The number of carbonyl (C=O) groups excluding carboxylic acids is 2. The van der Waals surface area contributed by atoms with Crippen molar-refractivity contribution in [1.82, 2.24) is 25.0 Å². The zero-order valence-corrected chi connectivity index (χ0v) is 23.1. The lowest BCUT2D eigenvalue weighted by molar-refractivity contribution is -0.124. The van der Waals surface area contributed by atoms with E-state index in [9.17, 15) is 14.7 Å². The van der Waals surface area contributed by atoms with Crippen LogP contribution in [-0.2, 0) is 23.4 Å². The molecule has 1 saturated carbocycles.